The highest BCUT2D eigenvalue weighted by atomic mass is 16.4. The smallest absolute Gasteiger partial charge is 0.326 e. The third-order valence-electron chi connectivity index (χ3n) is 3.39. The van der Waals surface area contributed by atoms with Gasteiger partial charge in [-0.05, 0) is 30.0 Å². The van der Waals surface area contributed by atoms with Crippen molar-refractivity contribution < 1.29 is 14.7 Å². The number of hydrogen-bond donors (Lipinski definition) is 3. The molecule has 0 aliphatic heterocycles. The fourth-order valence-corrected chi connectivity index (χ4v) is 1.94. The van der Waals surface area contributed by atoms with Crippen molar-refractivity contribution in [3.63, 3.8) is 0 Å². The second-order valence-electron chi connectivity index (χ2n) is 5.01. The van der Waals surface area contributed by atoms with Gasteiger partial charge in [0.25, 0.3) is 0 Å². The Morgan fingerprint density at radius 2 is 2.10 bits per heavy atom. The van der Waals surface area contributed by atoms with E-state index in [2.05, 4.69) is 5.32 Å². The summed E-state index contributed by atoms with van der Waals surface area (Å²) in [5.41, 5.74) is 7.29. The fraction of sp³-hybridized carbons (Fsp3) is 0.467. The summed E-state index contributed by atoms with van der Waals surface area (Å²) in [7, 11) is 0. The molecule has 0 bridgehead atoms. The maximum atomic E-state index is 11.8. The third kappa shape index (κ3) is 4.91. The molecule has 4 N–H and O–H groups in total. The lowest BCUT2D eigenvalue weighted by atomic mass is 9.99. The zero-order chi connectivity index (χ0) is 15.1. The number of nitrogens with one attached hydrogen (secondary N) is 1. The van der Waals surface area contributed by atoms with E-state index in [0.29, 0.717) is 18.5 Å². The van der Waals surface area contributed by atoms with Gasteiger partial charge in [0, 0.05) is 12.1 Å². The molecular formula is C15H22N2O3. The molecule has 2 unspecified atom stereocenters. The van der Waals surface area contributed by atoms with Gasteiger partial charge in [-0.1, -0.05) is 32.4 Å². The molecule has 0 saturated heterocycles. The number of benzene rings is 1. The minimum Gasteiger partial charge on any atom is -0.480 e. The van der Waals surface area contributed by atoms with Gasteiger partial charge in [-0.25, -0.2) is 4.79 Å². The number of rotatable bonds is 7. The molecule has 0 fully saturated rings. The molecule has 0 saturated carbocycles. The van der Waals surface area contributed by atoms with Gasteiger partial charge in [-0.2, -0.15) is 0 Å². The Kier molecular flexibility index (Phi) is 6.03. The van der Waals surface area contributed by atoms with Crippen LogP contribution in [0.1, 0.15) is 32.3 Å². The van der Waals surface area contributed by atoms with Crippen molar-refractivity contribution in [1.82, 2.24) is 5.32 Å². The summed E-state index contributed by atoms with van der Waals surface area (Å²) in [6.45, 7) is 3.72. The monoisotopic (exact) mass is 278 g/mol. The Morgan fingerprint density at radius 3 is 2.65 bits per heavy atom. The van der Waals surface area contributed by atoms with Gasteiger partial charge in [0.2, 0.25) is 5.91 Å². The Hall–Kier alpha value is -2.04. The van der Waals surface area contributed by atoms with Crippen molar-refractivity contribution in [2.24, 2.45) is 5.92 Å². The van der Waals surface area contributed by atoms with Gasteiger partial charge in [0.1, 0.15) is 6.04 Å². The van der Waals surface area contributed by atoms with Crippen LogP contribution in [-0.2, 0) is 16.0 Å². The molecule has 2 atom stereocenters. The van der Waals surface area contributed by atoms with Gasteiger partial charge in [-0.3, -0.25) is 4.79 Å². The summed E-state index contributed by atoms with van der Waals surface area (Å²) in [5, 5.41) is 11.7. The first-order chi connectivity index (χ1) is 9.43. The van der Waals surface area contributed by atoms with Gasteiger partial charge < -0.3 is 16.2 Å². The van der Waals surface area contributed by atoms with Crippen LogP contribution < -0.4 is 11.1 Å². The highest BCUT2D eigenvalue weighted by Crippen LogP contribution is 2.10. The van der Waals surface area contributed by atoms with E-state index < -0.39 is 12.0 Å². The van der Waals surface area contributed by atoms with Crippen molar-refractivity contribution >= 4 is 17.6 Å². The van der Waals surface area contributed by atoms with Crippen LogP contribution >= 0.6 is 0 Å². The topological polar surface area (TPSA) is 92.4 Å². The normalized spacial score (nSPS) is 13.5. The molecule has 1 aromatic rings. The van der Waals surface area contributed by atoms with Crippen LogP contribution in [0, 0.1) is 5.92 Å². The van der Waals surface area contributed by atoms with E-state index in [4.69, 9.17) is 10.8 Å². The van der Waals surface area contributed by atoms with Crippen LogP contribution in [0.4, 0.5) is 5.69 Å². The zero-order valence-corrected chi connectivity index (χ0v) is 11.9. The quantitative estimate of drug-likeness (QED) is 0.663. The van der Waals surface area contributed by atoms with Gasteiger partial charge in [0.05, 0.1) is 0 Å². The average molecular weight is 278 g/mol. The molecule has 0 aliphatic carbocycles. The summed E-state index contributed by atoms with van der Waals surface area (Å²) >= 11 is 0. The fourth-order valence-electron chi connectivity index (χ4n) is 1.94. The lowest BCUT2D eigenvalue weighted by Gasteiger charge is -2.20. The number of anilines is 1. The van der Waals surface area contributed by atoms with Crippen molar-refractivity contribution in [2.45, 2.75) is 39.2 Å². The van der Waals surface area contributed by atoms with E-state index in [1.807, 2.05) is 32.0 Å². The summed E-state index contributed by atoms with van der Waals surface area (Å²) in [6.07, 6.45) is 1.50. The van der Waals surface area contributed by atoms with E-state index in [1.165, 1.54) is 0 Å². The number of aryl methyl sites for hydroxylation is 1. The molecule has 110 valence electrons. The van der Waals surface area contributed by atoms with Crippen LogP contribution in [0.3, 0.4) is 0 Å². The Labute approximate surface area is 119 Å². The molecule has 0 spiro atoms. The summed E-state index contributed by atoms with van der Waals surface area (Å²) < 4.78 is 0. The maximum Gasteiger partial charge on any atom is 0.326 e. The Balaban J connectivity index is 2.52. The predicted molar refractivity (Wildman–Crippen MR) is 78.2 cm³/mol. The molecule has 1 rings (SSSR count). The standard InChI is InChI=1S/C15H22N2O3/c1-3-10(2)14(15(19)20)17-13(18)8-7-11-5-4-6-12(16)9-11/h4-6,9-10,14H,3,7-8,16H2,1-2H3,(H,17,18)(H,19,20). The summed E-state index contributed by atoms with van der Waals surface area (Å²) in [6, 6.07) is 6.51. The van der Waals surface area contributed by atoms with Gasteiger partial charge in [-0.15, -0.1) is 0 Å². The Morgan fingerprint density at radius 1 is 1.40 bits per heavy atom. The van der Waals surface area contributed by atoms with E-state index in [9.17, 15) is 9.59 Å². The molecule has 20 heavy (non-hydrogen) atoms. The van der Waals surface area contributed by atoms with Gasteiger partial charge in [0.15, 0.2) is 0 Å². The number of carbonyl (C=O) groups is 2. The largest absolute Gasteiger partial charge is 0.480 e. The average Bonchev–Trinajstić information content (AvgIpc) is 2.41. The van der Waals surface area contributed by atoms with Crippen LogP contribution in [0.25, 0.3) is 0 Å². The number of nitrogen functional groups attached to an aromatic ring is 1. The van der Waals surface area contributed by atoms with E-state index in [-0.39, 0.29) is 18.2 Å². The predicted octanol–water partition coefficient (Wildman–Crippen LogP) is 1.82. The van der Waals surface area contributed by atoms with Crippen LogP contribution in [0.2, 0.25) is 0 Å². The molecule has 0 heterocycles. The molecule has 0 aliphatic rings. The Bertz CT molecular complexity index is 474. The number of carboxylic acid groups (broad SMARTS) is 1. The number of hydrogen-bond acceptors (Lipinski definition) is 3. The van der Waals surface area contributed by atoms with Crippen LogP contribution in [0.15, 0.2) is 24.3 Å². The molecule has 0 radical (unpaired) electrons. The zero-order valence-electron chi connectivity index (χ0n) is 11.9. The van der Waals surface area contributed by atoms with Crippen molar-refractivity contribution in [3.8, 4) is 0 Å². The lowest BCUT2D eigenvalue weighted by molar-refractivity contribution is -0.143. The van der Waals surface area contributed by atoms with Crippen molar-refractivity contribution in [1.29, 1.82) is 0 Å². The molecule has 1 aromatic carbocycles. The van der Waals surface area contributed by atoms with Crippen molar-refractivity contribution in [3.05, 3.63) is 29.8 Å². The third-order valence-corrected chi connectivity index (χ3v) is 3.39. The first kappa shape index (κ1) is 16.0. The summed E-state index contributed by atoms with van der Waals surface area (Å²) in [4.78, 5) is 23.0. The van der Waals surface area contributed by atoms with E-state index in [0.717, 1.165) is 5.56 Å². The molecule has 1 amide bonds. The minimum absolute atomic E-state index is 0.0937. The highest BCUT2D eigenvalue weighted by molar-refractivity contribution is 5.83. The minimum atomic E-state index is -0.989. The second kappa shape index (κ2) is 7.53. The van der Waals surface area contributed by atoms with Crippen LogP contribution in [-0.4, -0.2) is 23.0 Å². The second-order valence-corrected chi connectivity index (χ2v) is 5.01. The molecule has 0 aromatic heterocycles. The number of nitrogens with two attached hydrogens (primary N) is 1. The number of carboxylic acids is 1. The number of carbonyl (C=O) groups excluding carboxylic acids is 1. The molecule has 5 heteroatoms. The van der Waals surface area contributed by atoms with Gasteiger partial charge >= 0.3 is 5.97 Å². The van der Waals surface area contributed by atoms with Crippen LogP contribution in [0.5, 0.6) is 0 Å². The number of amides is 1. The summed E-state index contributed by atoms with van der Waals surface area (Å²) in [5.74, 6) is -1.33. The first-order valence-electron chi connectivity index (χ1n) is 6.80. The van der Waals surface area contributed by atoms with Crippen molar-refractivity contribution in [2.75, 3.05) is 5.73 Å². The van der Waals surface area contributed by atoms with E-state index in [1.54, 1.807) is 6.07 Å². The molecular weight excluding hydrogens is 256 g/mol. The van der Waals surface area contributed by atoms with E-state index >= 15 is 0 Å². The highest BCUT2D eigenvalue weighted by Gasteiger charge is 2.24. The lowest BCUT2D eigenvalue weighted by Crippen LogP contribution is -2.45. The maximum absolute atomic E-state index is 11.8. The number of aliphatic carboxylic acids is 1. The first-order valence-corrected chi connectivity index (χ1v) is 6.80. The SMILES string of the molecule is CCC(C)C(NC(=O)CCc1cccc(N)c1)C(=O)O. The molecule has 5 nitrogen and oxygen atoms in total.